The summed E-state index contributed by atoms with van der Waals surface area (Å²) in [5.74, 6) is -1.54. The number of nitrogens with zero attached hydrogens (tertiary/aromatic N) is 2. The van der Waals surface area contributed by atoms with Crippen LogP contribution in [0.25, 0.3) is 0 Å². The van der Waals surface area contributed by atoms with Gasteiger partial charge in [0.2, 0.25) is 0 Å². The van der Waals surface area contributed by atoms with Crippen molar-refractivity contribution in [3.05, 3.63) is 65.7 Å². The molecular formula is C13H7Cl3N2O6. The molecule has 0 atom stereocenters. The summed E-state index contributed by atoms with van der Waals surface area (Å²) in [7, 11) is 0. The summed E-state index contributed by atoms with van der Waals surface area (Å²) in [5.41, 5.74) is -1.80. The number of hydrogen-bond acceptors (Lipinski definition) is 6. The first-order chi connectivity index (χ1) is 11.1. The van der Waals surface area contributed by atoms with Gasteiger partial charge < -0.3 is 10.2 Å². The third-order valence-corrected chi connectivity index (χ3v) is 4.01. The molecule has 2 aromatic rings. The highest BCUT2D eigenvalue weighted by molar-refractivity contribution is 6.32. The first-order valence-electron chi connectivity index (χ1n) is 6.11. The van der Waals surface area contributed by atoms with Gasteiger partial charge in [0.05, 0.1) is 15.2 Å². The van der Waals surface area contributed by atoms with Crippen LogP contribution in [0.3, 0.4) is 0 Å². The maximum Gasteiger partial charge on any atom is 0.312 e. The van der Waals surface area contributed by atoms with Crippen LogP contribution in [-0.2, 0) is 0 Å². The van der Waals surface area contributed by atoms with E-state index in [1.54, 1.807) is 0 Å². The lowest BCUT2D eigenvalue weighted by atomic mass is 10.0. The molecule has 2 rings (SSSR count). The van der Waals surface area contributed by atoms with Gasteiger partial charge in [0.25, 0.3) is 0 Å². The molecule has 0 radical (unpaired) electrons. The van der Waals surface area contributed by atoms with Gasteiger partial charge in [-0.15, -0.1) is 11.6 Å². The average Bonchev–Trinajstić information content (AvgIpc) is 2.49. The molecule has 0 saturated carbocycles. The fraction of sp³-hybridized carbons (Fsp3) is 0.0769. The van der Waals surface area contributed by atoms with Crippen molar-refractivity contribution in [1.82, 2.24) is 0 Å². The Kier molecular flexibility index (Phi) is 5.02. The number of benzene rings is 2. The quantitative estimate of drug-likeness (QED) is 0.445. The van der Waals surface area contributed by atoms with Crippen LogP contribution < -0.4 is 0 Å². The van der Waals surface area contributed by atoms with E-state index in [1.807, 2.05) is 0 Å². The molecule has 0 fully saturated rings. The zero-order valence-electron chi connectivity index (χ0n) is 11.4. The van der Waals surface area contributed by atoms with Gasteiger partial charge in [-0.3, -0.25) is 20.2 Å². The van der Waals surface area contributed by atoms with Gasteiger partial charge in [-0.05, 0) is 12.1 Å². The van der Waals surface area contributed by atoms with E-state index in [0.29, 0.717) is 0 Å². The predicted octanol–water partition coefficient (Wildman–Crippen LogP) is 4.55. The van der Waals surface area contributed by atoms with Crippen molar-refractivity contribution in [3.63, 3.8) is 0 Å². The van der Waals surface area contributed by atoms with Gasteiger partial charge in [-0.1, -0.05) is 23.2 Å². The van der Waals surface area contributed by atoms with E-state index in [1.165, 1.54) is 0 Å². The first kappa shape index (κ1) is 18.1. The van der Waals surface area contributed by atoms with Gasteiger partial charge >= 0.3 is 11.4 Å². The number of phenols is 2. The van der Waals surface area contributed by atoms with E-state index < -0.39 is 38.1 Å². The molecule has 0 aliphatic rings. The van der Waals surface area contributed by atoms with Crippen molar-refractivity contribution < 1.29 is 20.1 Å². The Balaban J connectivity index is 2.68. The third-order valence-electron chi connectivity index (χ3n) is 3.11. The summed E-state index contributed by atoms with van der Waals surface area (Å²) < 4.78 is 0. The Labute approximate surface area is 149 Å². The number of nitro groups is 2. The van der Waals surface area contributed by atoms with E-state index in [9.17, 15) is 30.4 Å². The molecule has 0 heterocycles. The standard InChI is InChI=1S/C13H7Cl3N2O6/c14-5-1-7(12(19)9(3-5)17(21)22)11(16)8-2-6(15)4-10(13(8)20)18(23)24/h1-4,11,19-20H. The van der Waals surface area contributed by atoms with Gasteiger partial charge in [0.1, 0.15) is 0 Å². The second kappa shape index (κ2) is 6.68. The highest BCUT2D eigenvalue weighted by Crippen LogP contribution is 2.46. The van der Waals surface area contributed by atoms with E-state index in [2.05, 4.69) is 0 Å². The zero-order chi connectivity index (χ0) is 18.2. The Hall–Kier alpha value is -2.29. The molecule has 0 amide bonds. The summed E-state index contributed by atoms with van der Waals surface area (Å²) in [6.45, 7) is 0. The molecule has 24 heavy (non-hydrogen) atoms. The smallest absolute Gasteiger partial charge is 0.312 e. The lowest BCUT2D eigenvalue weighted by molar-refractivity contribution is -0.386. The van der Waals surface area contributed by atoms with Crippen LogP contribution in [0.5, 0.6) is 11.5 Å². The number of alkyl halides is 1. The summed E-state index contributed by atoms with van der Waals surface area (Å²) in [6, 6.07) is 4.13. The molecule has 0 saturated heterocycles. The lowest BCUT2D eigenvalue weighted by Gasteiger charge is -2.14. The largest absolute Gasteiger partial charge is 0.502 e. The Bertz CT molecular complexity index is 789. The minimum atomic E-state index is -1.38. The molecule has 0 unspecified atom stereocenters. The Morgan fingerprint density at radius 1 is 0.833 bits per heavy atom. The van der Waals surface area contributed by atoms with Crippen LogP contribution in [0.4, 0.5) is 11.4 Å². The van der Waals surface area contributed by atoms with Crippen LogP contribution >= 0.6 is 34.8 Å². The lowest BCUT2D eigenvalue weighted by Crippen LogP contribution is -2.00. The maximum atomic E-state index is 10.9. The van der Waals surface area contributed by atoms with Crippen molar-refractivity contribution in [2.75, 3.05) is 0 Å². The Morgan fingerprint density at radius 3 is 1.46 bits per heavy atom. The fourth-order valence-electron chi connectivity index (χ4n) is 2.04. The van der Waals surface area contributed by atoms with Gasteiger partial charge in [0.15, 0.2) is 11.5 Å². The van der Waals surface area contributed by atoms with Crippen LogP contribution in [-0.4, -0.2) is 20.1 Å². The molecule has 11 heteroatoms. The van der Waals surface area contributed by atoms with Crippen molar-refractivity contribution in [3.8, 4) is 11.5 Å². The normalized spacial score (nSPS) is 10.8. The molecule has 2 aromatic carbocycles. The van der Waals surface area contributed by atoms with E-state index >= 15 is 0 Å². The minimum absolute atomic E-state index is 0.0869. The molecule has 2 N–H and O–H groups in total. The molecule has 0 aromatic heterocycles. The first-order valence-corrected chi connectivity index (χ1v) is 7.30. The summed E-state index contributed by atoms with van der Waals surface area (Å²) in [6.07, 6.45) is 0. The van der Waals surface area contributed by atoms with Crippen molar-refractivity contribution in [2.24, 2.45) is 0 Å². The predicted molar refractivity (Wildman–Crippen MR) is 87.2 cm³/mol. The number of rotatable bonds is 4. The van der Waals surface area contributed by atoms with Gasteiger partial charge in [-0.25, -0.2) is 0 Å². The highest BCUT2D eigenvalue weighted by atomic mass is 35.5. The second-order valence-corrected chi connectivity index (χ2v) is 5.91. The summed E-state index contributed by atoms with van der Waals surface area (Å²) in [5, 5.41) is 40.4. The fourth-order valence-corrected chi connectivity index (χ4v) is 2.82. The average molecular weight is 394 g/mol. The second-order valence-electron chi connectivity index (χ2n) is 4.60. The van der Waals surface area contributed by atoms with Gasteiger partial charge in [0, 0.05) is 33.3 Å². The molecule has 0 bridgehead atoms. The third kappa shape index (κ3) is 3.30. The number of nitro benzene ring substituents is 2. The van der Waals surface area contributed by atoms with E-state index in [4.69, 9.17) is 34.8 Å². The zero-order valence-corrected chi connectivity index (χ0v) is 13.7. The highest BCUT2D eigenvalue weighted by Gasteiger charge is 2.29. The summed E-state index contributed by atoms with van der Waals surface area (Å²) >= 11 is 17.7. The molecule has 8 nitrogen and oxygen atoms in total. The molecular weight excluding hydrogens is 387 g/mol. The van der Waals surface area contributed by atoms with E-state index in [-0.39, 0.29) is 21.2 Å². The SMILES string of the molecule is O=[N+]([O-])c1cc(Cl)cc(C(Cl)c2cc(Cl)cc([N+](=O)[O-])c2O)c1O. The molecule has 0 aliphatic heterocycles. The van der Waals surface area contributed by atoms with Crippen molar-refractivity contribution in [1.29, 1.82) is 0 Å². The van der Waals surface area contributed by atoms with E-state index in [0.717, 1.165) is 24.3 Å². The monoisotopic (exact) mass is 392 g/mol. The number of phenolic OH excluding ortho intramolecular Hbond substituents is 2. The summed E-state index contributed by atoms with van der Waals surface area (Å²) in [4.78, 5) is 20.1. The number of aromatic hydroxyl groups is 2. The van der Waals surface area contributed by atoms with Crippen LogP contribution in [0, 0.1) is 20.2 Å². The van der Waals surface area contributed by atoms with Crippen LogP contribution in [0.2, 0.25) is 10.0 Å². The maximum absolute atomic E-state index is 10.9. The molecule has 126 valence electrons. The van der Waals surface area contributed by atoms with Crippen LogP contribution in [0.1, 0.15) is 16.5 Å². The number of hydrogen-bond donors (Lipinski definition) is 2. The van der Waals surface area contributed by atoms with Crippen molar-refractivity contribution >= 4 is 46.2 Å². The molecule has 0 aliphatic carbocycles. The number of halogens is 3. The van der Waals surface area contributed by atoms with Crippen LogP contribution in [0.15, 0.2) is 24.3 Å². The van der Waals surface area contributed by atoms with Gasteiger partial charge in [-0.2, -0.15) is 0 Å². The minimum Gasteiger partial charge on any atom is -0.502 e. The molecule has 0 spiro atoms. The Morgan fingerprint density at radius 2 is 1.17 bits per heavy atom. The van der Waals surface area contributed by atoms with Crippen molar-refractivity contribution in [2.45, 2.75) is 5.38 Å². The topological polar surface area (TPSA) is 127 Å².